The molecular formula is C11H13Cl2N. The zero-order valence-corrected chi connectivity index (χ0v) is 9.57. The summed E-state index contributed by atoms with van der Waals surface area (Å²) in [5.41, 5.74) is 1.24. The van der Waals surface area contributed by atoms with E-state index in [0.29, 0.717) is 16.1 Å². The highest BCUT2D eigenvalue weighted by atomic mass is 35.5. The summed E-state index contributed by atoms with van der Waals surface area (Å²) in [6.45, 7) is 3.34. The highest BCUT2D eigenvalue weighted by molar-refractivity contribution is 6.42. The molecular weight excluding hydrogens is 217 g/mol. The normalized spacial score (nSPS) is 26.8. The van der Waals surface area contributed by atoms with E-state index in [-0.39, 0.29) is 0 Å². The number of nitrogens with one attached hydrogen (secondary N) is 1. The van der Waals surface area contributed by atoms with E-state index in [9.17, 15) is 0 Å². The van der Waals surface area contributed by atoms with E-state index >= 15 is 0 Å². The zero-order valence-electron chi connectivity index (χ0n) is 8.06. The molecule has 0 unspecified atom stereocenters. The standard InChI is InChI=1S/C11H13Cl2N/c1-7-4-11(14-6-7)8-2-3-9(12)10(13)5-8/h2-3,5,7,11,14H,4,6H2,1H3/t7-,11+/m0/s1. The summed E-state index contributed by atoms with van der Waals surface area (Å²) in [5.74, 6) is 0.745. The predicted octanol–water partition coefficient (Wildman–Crippen LogP) is 3.66. The molecule has 1 fully saturated rings. The minimum atomic E-state index is 0.444. The van der Waals surface area contributed by atoms with Gasteiger partial charge in [-0.2, -0.15) is 0 Å². The van der Waals surface area contributed by atoms with E-state index in [1.54, 1.807) is 0 Å². The average molecular weight is 230 g/mol. The van der Waals surface area contributed by atoms with Gasteiger partial charge in [-0.25, -0.2) is 0 Å². The van der Waals surface area contributed by atoms with Gasteiger partial charge in [-0.1, -0.05) is 36.2 Å². The second-order valence-corrected chi connectivity index (χ2v) is 4.79. The maximum Gasteiger partial charge on any atom is 0.0595 e. The van der Waals surface area contributed by atoms with Crippen molar-refractivity contribution in [1.29, 1.82) is 0 Å². The highest BCUT2D eigenvalue weighted by Crippen LogP contribution is 2.31. The van der Waals surface area contributed by atoms with Crippen LogP contribution in [0.3, 0.4) is 0 Å². The Labute approximate surface area is 94.4 Å². The number of halogens is 2. The van der Waals surface area contributed by atoms with Crippen LogP contribution in [0.2, 0.25) is 10.0 Å². The molecule has 1 aromatic carbocycles. The van der Waals surface area contributed by atoms with Crippen molar-refractivity contribution in [3.05, 3.63) is 33.8 Å². The molecule has 76 valence electrons. The van der Waals surface area contributed by atoms with Crippen molar-refractivity contribution in [3.63, 3.8) is 0 Å². The third-order valence-corrected chi connectivity index (χ3v) is 3.44. The summed E-state index contributed by atoms with van der Waals surface area (Å²) in [5, 5.41) is 4.74. The molecule has 0 saturated carbocycles. The smallest absolute Gasteiger partial charge is 0.0595 e. The molecule has 2 rings (SSSR count). The molecule has 0 spiro atoms. The monoisotopic (exact) mass is 229 g/mol. The van der Waals surface area contributed by atoms with Crippen molar-refractivity contribution < 1.29 is 0 Å². The fraction of sp³-hybridized carbons (Fsp3) is 0.455. The fourth-order valence-corrected chi connectivity index (χ4v) is 2.20. The summed E-state index contributed by atoms with van der Waals surface area (Å²) in [4.78, 5) is 0. The van der Waals surface area contributed by atoms with Gasteiger partial charge in [-0.05, 0) is 36.6 Å². The van der Waals surface area contributed by atoms with E-state index < -0.39 is 0 Å². The maximum atomic E-state index is 5.97. The van der Waals surface area contributed by atoms with Gasteiger partial charge in [0.15, 0.2) is 0 Å². The second kappa shape index (κ2) is 4.09. The first-order chi connectivity index (χ1) is 6.66. The lowest BCUT2D eigenvalue weighted by Crippen LogP contribution is -2.13. The van der Waals surface area contributed by atoms with Crippen molar-refractivity contribution >= 4 is 23.2 Å². The molecule has 1 N–H and O–H groups in total. The Hall–Kier alpha value is -0.240. The van der Waals surface area contributed by atoms with Crippen LogP contribution < -0.4 is 5.32 Å². The van der Waals surface area contributed by atoms with Crippen LogP contribution in [0.25, 0.3) is 0 Å². The summed E-state index contributed by atoms with van der Waals surface area (Å²) in [6, 6.07) is 6.31. The lowest BCUT2D eigenvalue weighted by Gasteiger charge is -2.11. The lowest BCUT2D eigenvalue weighted by molar-refractivity contribution is 0.612. The van der Waals surface area contributed by atoms with Crippen molar-refractivity contribution in [1.82, 2.24) is 5.32 Å². The molecule has 2 atom stereocenters. The molecule has 1 heterocycles. The Balaban J connectivity index is 2.20. The van der Waals surface area contributed by atoms with Crippen LogP contribution in [-0.2, 0) is 0 Å². The van der Waals surface area contributed by atoms with Gasteiger partial charge in [0.25, 0.3) is 0 Å². The molecule has 14 heavy (non-hydrogen) atoms. The molecule has 1 saturated heterocycles. The number of hydrogen-bond acceptors (Lipinski definition) is 1. The van der Waals surface area contributed by atoms with Crippen molar-refractivity contribution in [3.8, 4) is 0 Å². The number of hydrogen-bond donors (Lipinski definition) is 1. The van der Waals surface area contributed by atoms with E-state index in [4.69, 9.17) is 23.2 Å². The minimum absolute atomic E-state index is 0.444. The maximum absolute atomic E-state index is 5.97. The van der Waals surface area contributed by atoms with Gasteiger partial charge in [0, 0.05) is 6.04 Å². The Morgan fingerprint density at radius 2 is 2.07 bits per heavy atom. The number of rotatable bonds is 1. The molecule has 1 aliphatic heterocycles. The first-order valence-electron chi connectivity index (χ1n) is 4.85. The largest absolute Gasteiger partial charge is 0.310 e. The Morgan fingerprint density at radius 3 is 2.64 bits per heavy atom. The molecule has 0 aromatic heterocycles. The summed E-state index contributed by atoms with van der Waals surface area (Å²) < 4.78 is 0. The van der Waals surface area contributed by atoms with Gasteiger partial charge in [-0.15, -0.1) is 0 Å². The van der Waals surface area contributed by atoms with Gasteiger partial charge in [-0.3, -0.25) is 0 Å². The van der Waals surface area contributed by atoms with E-state index in [1.165, 1.54) is 12.0 Å². The topological polar surface area (TPSA) is 12.0 Å². The molecule has 0 amide bonds. The Morgan fingerprint density at radius 1 is 1.29 bits per heavy atom. The average Bonchev–Trinajstić information content (AvgIpc) is 2.57. The molecule has 1 aromatic rings. The highest BCUT2D eigenvalue weighted by Gasteiger charge is 2.22. The van der Waals surface area contributed by atoms with Crippen molar-refractivity contribution in [2.45, 2.75) is 19.4 Å². The van der Waals surface area contributed by atoms with Gasteiger partial charge >= 0.3 is 0 Å². The fourth-order valence-electron chi connectivity index (χ4n) is 1.90. The van der Waals surface area contributed by atoms with Crippen LogP contribution in [0.4, 0.5) is 0 Å². The SMILES string of the molecule is C[C@@H]1CN[C@@H](c2ccc(Cl)c(Cl)c2)C1. The van der Waals surface area contributed by atoms with Gasteiger partial charge in [0.05, 0.1) is 10.0 Å². The van der Waals surface area contributed by atoms with Crippen LogP contribution >= 0.6 is 23.2 Å². The first kappa shape index (κ1) is 10.3. The Bertz CT molecular complexity index is 338. The summed E-state index contributed by atoms with van der Waals surface area (Å²) in [6.07, 6.45) is 1.18. The molecule has 0 bridgehead atoms. The molecule has 3 heteroatoms. The third-order valence-electron chi connectivity index (χ3n) is 2.70. The molecule has 1 aliphatic rings. The van der Waals surface area contributed by atoms with Gasteiger partial charge in [0.1, 0.15) is 0 Å². The molecule has 0 radical (unpaired) electrons. The van der Waals surface area contributed by atoms with E-state index in [1.807, 2.05) is 18.2 Å². The number of benzene rings is 1. The lowest BCUT2D eigenvalue weighted by atomic mass is 10.0. The van der Waals surface area contributed by atoms with Crippen LogP contribution in [0.1, 0.15) is 24.9 Å². The predicted molar refractivity (Wildman–Crippen MR) is 61.0 cm³/mol. The summed E-state index contributed by atoms with van der Waals surface area (Å²) >= 11 is 11.8. The van der Waals surface area contributed by atoms with Crippen molar-refractivity contribution in [2.75, 3.05) is 6.54 Å². The van der Waals surface area contributed by atoms with Crippen LogP contribution in [0.5, 0.6) is 0 Å². The second-order valence-electron chi connectivity index (χ2n) is 3.98. The van der Waals surface area contributed by atoms with Crippen LogP contribution in [0.15, 0.2) is 18.2 Å². The third kappa shape index (κ3) is 2.05. The molecule has 0 aliphatic carbocycles. The quantitative estimate of drug-likeness (QED) is 0.776. The Kier molecular flexibility index (Phi) is 3.01. The summed E-state index contributed by atoms with van der Waals surface area (Å²) in [7, 11) is 0. The van der Waals surface area contributed by atoms with Gasteiger partial charge in [0.2, 0.25) is 0 Å². The molecule has 1 nitrogen and oxygen atoms in total. The van der Waals surface area contributed by atoms with Crippen molar-refractivity contribution in [2.24, 2.45) is 5.92 Å². The van der Waals surface area contributed by atoms with Crippen LogP contribution in [0, 0.1) is 5.92 Å². The van der Waals surface area contributed by atoms with Gasteiger partial charge < -0.3 is 5.32 Å². The van der Waals surface area contributed by atoms with Crippen LogP contribution in [-0.4, -0.2) is 6.54 Å². The van der Waals surface area contributed by atoms with E-state index in [2.05, 4.69) is 12.2 Å². The first-order valence-corrected chi connectivity index (χ1v) is 5.60. The minimum Gasteiger partial charge on any atom is -0.310 e. The van der Waals surface area contributed by atoms with E-state index in [0.717, 1.165) is 12.5 Å². The zero-order chi connectivity index (χ0) is 10.1.